The summed E-state index contributed by atoms with van der Waals surface area (Å²) in [5.74, 6) is 0. The lowest BCUT2D eigenvalue weighted by atomic mass is 10.2. The maximum absolute atomic E-state index is 13.1. The monoisotopic (exact) mass is 438 g/mol. The van der Waals surface area contributed by atoms with Crippen LogP contribution in [-0.2, 0) is 21.1 Å². The van der Waals surface area contributed by atoms with E-state index in [1.165, 1.54) is 21.7 Å². The van der Waals surface area contributed by atoms with Crippen LogP contribution in [-0.4, -0.2) is 53.3 Å². The normalized spacial score (nSPS) is 11.9. The van der Waals surface area contributed by atoms with E-state index in [1.807, 2.05) is 0 Å². The van der Waals surface area contributed by atoms with Crippen LogP contribution in [0.2, 0.25) is 0 Å². The molecule has 0 atom stereocenters. The fraction of sp³-hybridized carbons (Fsp3) is 0.474. The molecule has 10 nitrogen and oxygen atoms in total. The predicted octanol–water partition coefficient (Wildman–Crippen LogP) is 3.11. The van der Waals surface area contributed by atoms with Gasteiger partial charge >= 0.3 is 6.09 Å². The molecule has 0 aliphatic carbocycles. The van der Waals surface area contributed by atoms with Crippen molar-refractivity contribution in [2.45, 2.75) is 56.6 Å². The lowest BCUT2D eigenvalue weighted by Crippen LogP contribution is -2.36. The summed E-state index contributed by atoms with van der Waals surface area (Å²) in [5, 5.41) is 15.1. The van der Waals surface area contributed by atoms with Crippen molar-refractivity contribution in [3.8, 4) is 0 Å². The van der Waals surface area contributed by atoms with E-state index in [-0.39, 0.29) is 28.6 Å². The van der Waals surface area contributed by atoms with Gasteiger partial charge in [-0.25, -0.2) is 13.2 Å². The number of hydrogen-bond donors (Lipinski definition) is 0. The van der Waals surface area contributed by atoms with Gasteiger partial charge in [0.05, 0.1) is 27.8 Å². The Bertz CT molecular complexity index is 1050. The quantitative estimate of drug-likeness (QED) is 0.501. The van der Waals surface area contributed by atoms with Crippen molar-refractivity contribution in [1.82, 2.24) is 14.7 Å². The van der Waals surface area contributed by atoms with Crippen molar-refractivity contribution >= 4 is 21.6 Å². The molecule has 1 heterocycles. The molecule has 0 fully saturated rings. The van der Waals surface area contributed by atoms with Crippen LogP contribution in [0.3, 0.4) is 0 Å². The van der Waals surface area contributed by atoms with Gasteiger partial charge in [0.1, 0.15) is 10.5 Å². The van der Waals surface area contributed by atoms with Crippen LogP contribution in [0.25, 0.3) is 0 Å². The molecule has 0 spiro atoms. The van der Waals surface area contributed by atoms with Crippen LogP contribution < -0.4 is 0 Å². The zero-order chi connectivity index (χ0) is 22.9. The Hall–Kier alpha value is -2.95. The van der Waals surface area contributed by atoms with E-state index >= 15 is 0 Å². The van der Waals surface area contributed by atoms with Gasteiger partial charge in [-0.1, -0.05) is 0 Å². The molecule has 2 aromatic rings. The average molecular weight is 439 g/mol. The SMILES string of the molecule is Cc1nn(CCN(C)C(=O)OC(C)(C)C)c(C)c1S(=O)(=O)c1ccc([N+](=O)[O-])cc1. The Morgan fingerprint density at radius 2 is 1.80 bits per heavy atom. The maximum Gasteiger partial charge on any atom is 0.410 e. The summed E-state index contributed by atoms with van der Waals surface area (Å²) in [6.45, 7) is 9.08. The number of sulfone groups is 1. The van der Waals surface area contributed by atoms with Crippen molar-refractivity contribution in [2.75, 3.05) is 13.6 Å². The largest absolute Gasteiger partial charge is 0.444 e. The number of aryl methyl sites for hydroxylation is 1. The highest BCUT2D eigenvalue weighted by atomic mass is 32.2. The highest BCUT2D eigenvalue weighted by Gasteiger charge is 2.27. The molecule has 0 bridgehead atoms. The van der Waals surface area contributed by atoms with E-state index in [9.17, 15) is 23.3 Å². The first-order valence-corrected chi connectivity index (χ1v) is 10.7. The summed E-state index contributed by atoms with van der Waals surface area (Å²) in [7, 11) is -2.32. The third-order valence-electron chi connectivity index (χ3n) is 4.29. The predicted molar refractivity (Wildman–Crippen MR) is 109 cm³/mol. The molecular weight excluding hydrogens is 412 g/mol. The van der Waals surface area contributed by atoms with Gasteiger partial charge in [0.15, 0.2) is 0 Å². The minimum Gasteiger partial charge on any atom is -0.444 e. The number of likely N-dealkylation sites (N-methyl/N-ethyl adjacent to an activating group) is 1. The Balaban J connectivity index is 2.24. The second-order valence-electron chi connectivity index (χ2n) is 7.88. The van der Waals surface area contributed by atoms with Crippen LogP contribution >= 0.6 is 0 Å². The van der Waals surface area contributed by atoms with Gasteiger partial charge in [0.2, 0.25) is 9.84 Å². The van der Waals surface area contributed by atoms with Gasteiger partial charge in [-0.3, -0.25) is 14.8 Å². The summed E-state index contributed by atoms with van der Waals surface area (Å²) < 4.78 is 33.0. The summed E-state index contributed by atoms with van der Waals surface area (Å²) >= 11 is 0. The number of nitro benzene ring substituents is 1. The van der Waals surface area contributed by atoms with Crippen LogP contribution in [0.4, 0.5) is 10.5 Å². The van der Waals surface area contributed by atoms with E-state index in [4.69, 9.17) is 4.74 Å². The van der Waals surface area contributed by atoms with Gasteiger partial charge < -0.3 is 9.64 Å². The van der Waals surface area contributed by atoms with E-state index in [0.29, 0.717) is 11.4 Å². The number of nitro groups is 1. The third-order valence-corrected chi connectivity index (χ3v) is 6.32. The van der Waals surface area contributed by atoms with E-state index < -0.39 is 26.5 Å². The molecule has 2 rings (SSSR count). The van der Waals surface area contributed by atoms with Crippen LogP contribution in [0, 0.1) is 24.0 Å². The van der Waals surface area contributed by atoms with Crippen molar-refractivity contribution in [3.63, 3.8) is 0 Å². The first kappa shape index (κ1) is 23.3. The molecule has 30 heavy (non-hydrogen) atoms. The fourth-order valence-corrected chi connectivity index (χ4v) is 4.48. The lowest BCUT2D eigenvalue weighted by Gasteiger charge is -2.24. The zero-order valence-corrected chi connectivity index (χ0v) is 18.7. The van der Waals surface area contributed by atoms with Crippen LogP contribution in [0.5, 0.6) is 0 Å². The van der Waals surface area contributed by atoms with Gasteiger partial charge in [-0.05, 0) is 46.8 Å². The summed E-state index contributed by atoms with van der Waals surface area (Å²) in [6.07, 6.45) is -0.484. The minimum absolute atomic E-state index is 0.0512. The second kappa shape index (κ2) is 8.42. The Labute approximate surface area is 175 Å². The summed E-state index contributed by atoms with van der Waals surface area (Å²) in [6, 6.07) is 4.72. The Morgan fingerprint density at radius 3 is 2.30 bits per heavy atom. The first-order chi connectivity index (χ1) is 13.7. The Morgan fingerprint density at radius 1 is 1.23 bits per heavy atom. The number of aromatic nitrogens is 2. The molecule has 0 unspecified atom stereocenters. The highest BCUT2D eigenvalue weighted by molar-refractivity contribution is 7.91. The van der Waals surface area contributed by atoms with Crippen LogP contribution in [0.15, 0.2) is 34.1 Å². The van der Waals surface area contributed by atoms with Gasteiger partial charge in [-0.2, -0.15) is 5.10 Å². The molecule has 0 radical (unpaired) electrons. The number of hydrogen-bond acceptors (Lipinski definition) is 7. The highest BCUT2D eigenvalue weighted by Crippen LogP contribution is 2.28. The van der Waals surface area contributed by atoms with Crippen LogP contribution in [0.1, 0.15) is 32.2 Å². The zero-order valence-electron chi connectivity index (χ0n) is 17.9. The number of nitrogens with zero attached hydrogens (tertiary/aromatic N) is 4. The molecule has 164 valence electrons. The molecule has 0 aliphatic heterocycles. The summed E-state index contributed by atoms with van der Waals surface area (Å²) in [5.41, 5.74) is -0.0762. The molecule has 0 N–H and O–H groups in total. The number of rotatable bonds is 6. The minimum atomic E-state index is -3.91. The van der Waals surface area contributed by atoms with Gasteiger partial charge in [0.25, 0.3) is 5.69 Å². The Kier molecular flexibility index (Phi) is 6.55. The number of ether oxygens (including phenoxy) is 1. The fourth-order valence-electron chi connectivity index (χ4n) is 2.83. The molecule has 0 aliphatic rings. The van der Waals surface area contributed by atoms with E-state index in [0.717, 1.165) is 12.1 Å². The van der Waals surface area contributed by atoms with Crippen molar-refractivity contribution in [1.29, 1.82) is 0 Å². The number of non-ortho nitro benzene ring substituents is 1. The molecule has 1 aromatic carbocycles. The van der Waals surface area contributed by atoms with E-state index in [2.05, 4.69) is 5.10 Å². The molecule has 0 saturated heterocycles. The topological polar surface area (TPSA) is 125 Å². The lowest BCUT2D eigenvalue weighted by molar-refractivity contribution is -0.384. The molecule has 1 aromatic heterocycles. The van der Waals surface area contributed by atoms with Crippen molar-refractivity contribution in [2.24, 2.45) is 0 Å². The standard InChI is InChI=1S/C19H26N4O6S/c1-13-17(30(27,28)16-9-7-15(8-10-16)23(25)26)14(2)22(20-13)12-11-21(6)18(24)29-19(3,4)5/h7-10H,11-12H2,1-6H3. The molecule has 0 saturated carbocycles. The van der Waals surface area contributed by atoms with Crippen molar-refractivity contribution in [3.05, 3.63) is 45.8 Å². The molecular formula is C19H26N4O6S. The number of amides is 1. The number of carbonyl (C=O) groups is 1. The van der Waals surface area contributed by atoms with E-state index in [1.54, 1.807) is 41.7 Å². The van der Waals surface area contributed by atoms with Gasteiger partial charge in [0, 0.05) is 25.7 Å². The average Bonchev–Trinajstić information content (AvgIpc) is 2.92. The van der Waals surface area contributed by atoms with Crippen molar-refractivity contribution < 1.29 is 22.9 Å². The first-order valence-electron chi connectivity index (χ1n) is 9.21. The van der Waals surface area contributed by atoms with Gasteiger partial charge in [-0.15, -0.1) is 0 Å². The number of carbonyl (C=O) groups excluding carboxylic acids is 1. The second-order valence-corrected chi connectivity index (χ2v) is 9.77. The summed E-state index contributed by atoms with van der Waals surface area (Å²) in [4.78, 5) is 23.7. The smallest absolute Gasteiger partial charge is 0.410 e. The maximum atomic E-state index is 13.1. The molecule has 1 amide bonds. The third kappa shape index (κ3) is 5.15. The number of benzene rings is 1. The molecule has 11 heteroatoms.